The van der Waals surface area contributed by atoms with Gasteiger partial charge in [0.05, 0.1) is 24.8 Å². The zero-order chi connectivity index (χ0) is 21.7. The molecule has 1 aliphatic heterocycles. The molecule has 0 saturated heterocycles. The van der Waals surface area contributed by atoms with Gasteiger partial charge in [0.15, 0.2) is 11.5 Å². The third-order valence-corrected chi connectivity index (χ3v) is 5.13. The van der Waals surface area contributed by atoms with Crippen molar-refractivity contribution in [2.75, 3.05) is 19.0 Å². The Morgan fingerprint density at radius 2 is 2.10 bits per heavy atom. The minimum absolute atomic E-state index is 0.0351. The monoisotopic (exact) mass is 428 g/mol. The molecule has 0 aromatic heterocycles. The molecule has 0 fully saturated rings. The molecule has 6 nitrogen and oxygen atoms in total. The van der Waals surface area contributed by atoms with Crippen molar-refractivity contribution >= 4 is 35.2 Å². The van der Waals surface area contributed by atoms with Gasteiger partial charge in [-0.2, -0.15) is 0 Å². The lowest BCUT2D eigenvalue weighted by Gasteiger charge is -2.20. The van der Waals surface area contributed by atoms with Gasteiger partial charge in [0.25, 0.3) is 0 Å². The van der Waals surface area contributed by atoms with E-state index in [1.165, 1.54) is 13.2 Å². The maximum atomic E-state index is 12.4. The Morgan fingerprint density at radius 1 is 1.30 bits per heavy atom. The number of anilines is 1. The first-order chi connectivity index (χ1) is 14.4. The third kappa shape index (κ3) is 5.13. The van der Waals surface area contributed by atoms with Gasteiger partial charge in [0.2, 0.25) is 11.8 Å². The van der Waals surface area contributed by atoms with Crippen LogP contribution in [0.25, 0.3) is 6.08 Å². The molecule has 3 rings (SSSR count). The first-order valence-electron chi connectivity index (χ1n) is 9.82. The van der Waals surface area contributed by atoms with Gasteiger partial charge in [-0.15, -0.1) is 0 Å². The summed E-state index contributed by atoms with van der Waals surface area (Å²) in [6.45, 7) is 4.27. The highest BCUT2D eigenvalue weighted by atomic mass is 35.5. The quantitative estimate of drug-likeness (QED) is 0.635. The second kappa shape index (κ2) is 9.67. The summed E-state index contributed by atoms with van der Waals surface area (Å²) in [6.07, 6.45) is 4.32. The Hall–Kier alpha value is -2.99. The molecule has 2 N–H and O–H groups in total. The maximum Gasteiger partial charge on any atom is 0.244 e. The SMILES string of the molecule is CCOc1cc(C=CC(=O)NC(C)c2ccc3c(c2)CCC(=O)N3)cc(Cl)c1OC. The van der Waals surface area contributed by atoms with E-state index < -0.39 is 0 Å². The molecular weight excluding hydrogens is 404 g/mol. The fraction of sp³-hybridized carbons (Fsp3) is 0.304. The van der Waals surface area contributed by atoms with E-state index >= 15 is 0 Å². The van der Waals surface area contributed by atoms with E-state index in [4.69, 9.17) is 21.1 Å². The van der Waals surface area contributed by atoms with Crippen LogP contribution in [-0.4, -0.2) is 25.5 Å². The highest BCUT2D eigenvalue weighted by molar-refractivity contribution is 6.32. The number of hydrogen-bond acceptors (Lipinski definition) is 4. The van der Waals surface area contributed by atoms with E-state index in [0.717, 1.165) is 22.4 Å². The number of aryl methyl sites for hydroxylation is 1. The van der Waals surface area contributed by atoms with Gasteiger partial charge >= 0.3 is 0 Å². The van der Waals surface area contributed by atoms with Gasteiger partial charge in [-0.3, -0.25) is 9.59 Å². The minimum atomic E-state index is -0.224. The standard InChI is InChI=1S/C23H25ClN2O4/c1-4-30-20-12-15(11-18(24)23(20)29-3)5-9-21(27)25-14(2)16-6-8-19-17(13-16)7-10-22(28)26-19/h5-6,8-9,11-14H,4,7,10H2,1-3H3,(H,25,27)(H,26,28). The number of ether oxygens (including phenoxy) is 2. The number of carbonyl (C=O) groups excluding carboxylic acids is 2. The number of fused-ring (bicyclic) bond motifs is 1. The molecule has 0 aliphatic carbocycles. The van der Waals surface area contributed by atoms with Crippen LogP contribution in [0.15, 0.2) is 36.4 Å². The molecule has 30 heavy (non-hydrogen) atoms. The predicted molar refractivity (Wildman–Crippen MR) is 118 cm³/mol. The van der Waals surface area contributed by atoms with Crippen LogP contribution in [0.4, 0.5) is 5.69 Å². The lowest BCUT2D eigenvalue weighted by atomic mass is 9.98. The van der Waals surface area contributed by atoms with Crippen molar-refractivity contribution in [1.82, 2.24) is 5.32 Å². The normalized spacial score (nSPS) is 14.1. The summed E-state index contributed by atoms with van der Waals surface area (Å²) >= 11 is 6.25. The van der Waals surface area contributed by atoms with Gasteiger partial charge < -0.3 is 20.1 Å². The van der Waals surface area contributed by atoms with Crippen LogP contribution in [-0.2, 0) is 16.0 Å². The number of amides is 2. The van der Waals surface area contributed by atoms with E-state index in [1.54, 1.807) is 18.2 Å². The number of hydrogen-bond donors (Lipinski definition) is 2. The number of benzene rings is 2. The van der Waals surface area contributed by atoms with Crippen LogP contribution < -0.4 is 20.1 Å². The largest absolute Gasteiger partial charge is 0.491 e. The van der Waals surface area contributed by atoms with Gasteiger partial charge in [0.1, 0.15) is 0 Å². The molecule has 0 saturated carbocycles. The summed E-state index contributed by atoms with van der Waals surface area (Å²) in [7, 11) is 1.53. The molecule has 2 aromatic carbocycles. The number of methoxy groups -OCH3 is 1. The lowest BCUT2D eigenvalue weighted by Crippen LogP contribution is -2.25. The molecule has 0 bridgehead atoms. The summed E-state index contributed by atoms with van der Waals surface area (Å²) in [5.41, 5.74) is 3.64. The second-order valence-corrected chi connectivity index (χ2v) is 7.40. The topological polar surface area (TPSA) is 76.7 Å². The Labute approximate surface area is 181 Å². The highest BCUT2D eigenvalue weighted by Crippen LogP contribution is 2.36. The fourth-order valence-electron chi connectivity index (χ4n) is 3.33. The zero-order valence-electron chi connectivity index (χ0n) is 17.3. The van der Waals surface area contributed by atoms with E-state index in [0.29, 0.717) is 36.0 Å². The molecule has 1 aliphatic rings. The van der Waals surface area contributed by atoms with Crippen LogP contribution in [0.3, 0.4) is 0 Å². The van der Waals surface area contributed by atoms with Gasteiger partial charge in [-0.25, -0.2) is 0 Å². The third-order valence-electron chi connectivity index (χ3n) is 4.85. The summed E-state index contributed by atoms with van der Waals surface area (Å²) in [6, 6.07) is 9.14. The minimum Gasteiger partial charge on any atom is -0.491 e. The van der Waals surface area contributed by atoms with Gasteiger partial charge in [-0.05, 0) is 61.2 Å². The second-order valence-electron chi connectivity index (χ2n) is 7.00. The smallest absolute Gasteiger partial charge is 0.244 e. The first kappa shape index (κ1) is 21.7. The van der Waals surface area contributed by atoms with Crippen LogP contribution in [0, 0.1) is 0 Å². The van der Waals surface area contributed by atoms with E-state index in [2.05, 4.69) is 10.6 Å². The Balaban J connectivity index is 1.68. The van der Waals surface area contributed by atoms with Crippen molar-refractivity contribution in [3.63, 3.8) is 0 Å². The van der Waals surface area contributed by atoms with E-state index in [-0.39, 0.29) is 17.9 Å². The van der Waals surface area contributed by atoms with Crippen molar-refractivity contribution in [2.45, 2.75) is 32.7 Å². The number of carbonyl (C=O) groups is 2. The average Bonchev–Trinajstić information content (AvgIpc) is 2.72. The van der Waals surface area contributed by atoms with Crippen LogP contribution >= 0.6 is 11.6 Å². The molecule has 0 spiro atoms. The molecule has 0 radical (unpaired) electrons. The summed E-state index contributed by atoms with van der Waals surface area (Å²) in [5.74, 6) is 0.811. The fourth-order valence-corrected chi connectivity index (χ4v) is 3.63. The lowest BCUT2D eigenvalue weighted by molar-refractivity contribution is -0.117. The van der Waals surface area contributed by atoms with Crippen molar-refractivity contribution in [3.05, 3.63) is 58.1 Å². The van der Waals surface area contributed by atoms with Crippen LogP contribution in [0.1, 0.15) is 43.0 Å². The predicted octanol–water partition coefficient (Wildman–Crippen LogP) is 4.52. The van der Waals surface area contributed by atoms with Gasteiger partial charge in [-0.1, -0.05) is 23.7 Å². The average molecular weight is 429 g/mol. The van der Waals surface area contributed by atoms with Gasteiger partial charge in [0, 0.05) is 18.2 Å². The van der Waals surface area contributed by atoms with Crippen molar-refractivity contribution in [1.29, 1.82) is 0 Å². The zero-order valence-corrected chi connectivity index (χ0v) is 18.0. The van der Waals surface area contributed by atoms with Crippen molar-refractivity contribution in [3.8, 4) is 11.5 Å². The number of rotatable bonds is 7. The molecule has 2 amide bonds. The molecule has 1 atom stereocenters. The van der Waals surface area contributed by atoms with Crippen LogP contribution in [0.2, 0.25) is 5.02 Å². The highest BCUT2D eigenvalue weighted by Gasteiger charge is 2.17. The molecule has 2 aromatic rings. The number of halogens is 1. The van der Waals surface area contributed by atoms with E-state index in [9.17, 15) is 9.59 Å². The summed E-state index contributed by atoms with van der Waals surface area (Å²) < 4.78 is 10.8. The first-order valence-corrected chi connectivity index (χ1v) is 10.2. The summed E-state index contributed by atoms with van der Waals surface area (Å²) in [5, 5.41) is 6.24. The molecule has 1 heterocycles. The molecule has 7 heteroatoms. The maximum absolute atomic E-state index is 12.4. The Morgan fingerprint density at radius 3 is 2.83 bits per heavy atom. The molecular formula is C23H25ClN2O4. The Kier molecular flexibility index (Phi) is 7.00. The van der Waals surface area contributed by atoms with Crippen molar-refractivity contribution in [2.24, 2.45) is 0 Å². The van der Waals surface area contributed by atoms with Crippen molar-refractivity contribution < 1.29 is 19.1 Å². The Bertz CT molecular complexity index is 987. The molecule has 158 valence electrons. The molecule has 1 unspecified atom stereocenters. The van der Waals surface area contributed by atoms with E-state index in [1.807, 2.05) is 32.0 Å². The summed E-state index contributed by atoms with van der Waals surface area (Å²) in [4.78, 5) is 23.9. The number of nitrogens with one attached hydrogen (secondary N) is 2. The van der Waals surface area contributed by atoms with Crippen LogP contribution in [0.5, 0.6) is 11.5 Å².